The molecule has 0 N–H and O–H groups in total. The molecule has 0 aliphatic carbocycles. The molecule has 152 valence electrons. The molecule has 5 heteroatoms. The Morgan fingerprint density at radius 3 is 2.17 bits per heavy atom. The average Bonchev–Trinajstić information content (AvgIpc) is 3.08. The number of carbonyl (C=O) groups is 1. The molecule has 5 nitrogen and oxygen atoms in total. The number of carbonyl (C=O) groups excluding carboxylic acids is 1. The number of aromatic nitrogens is 2. The highest BCUT2D eigenvalue weighted by Crippen LogP contribution is 2.32. The highest BCUT2D eigenvalue weighted by atomic mass is 16.2. The summed E-state index contributed by atoms with van der Waals surface area (Å²) in [6.07, 6.45) is 0.886. The number of rotatable bonds is 7. The number of benzene rings is 2. The van der Waals surface area contributed by atoms with Crippen molar-refractivity contribution in [3.63, 3.8) is 0 Å². The Labute approximate surface area is 173 Å². The highest BCUT2D eigenvalue weighted by Gasteiger charge is 2.26. The van der Waals surface area contributed by atoms with Gasteiger partial charge in [0.25, 0.3) is 5.91 Å². The van der Waals surface area contributed by atoms with E-state index in [2.05, 4.69) is 30.9 Å². The van der Waals surface area contributed by atoms with Crippen molar-refractivity contribution in [2.75, 3.05) is 19.0 Å². The van der Waals surface area contributed by atoms with Gasteiger partial charge in [-0.15, -0.1) is 0 Å². The zero-order valence-corrected chi connectivity index (χ0v) is 18.0. The van der Waals surface area contributed by atoms with Gasteiger partial charge in [0.15, 0.2) is 0 Å². The van der Waals surface area contributed by atoms with Crippen molar-refractivity contribution in [1.82, 2.24) is 14.7 Å². The van der Waals surface area contributed by atoms with E-state index in [9.17, 15) is 4.79 Å². The summed E-state index contributed by atoms with van der Waals surface area (Å²) in [6, 6.07) is 19.8. The standard InChI is InChI=1S/C24H30N4O/c1-6-18(2)28(24(29)20-15-11-8-12-16-20)17-21-22(19-13-9-7-10-14-19)25-27(5)23(21)26(3)4/h7-16,18H,6,17H2,1-5H3/t18-/m1/s1. The molecular weight excluding hydrogens is 360 g/mol. The summed E-state index contributed by atoms with van der Waals surface area (Å²) < 4.78 is 1.90. The summed E-state index contributed by atoms with van der Waals surface area (Å²) in [5.41, 5.74) is 3.76. The molecule has 1 atom stereocenters. The lowest BCUT2D eigenvalue weighted by atomic mass is 10.0. The number of amides is 1. The predicted octanol–water partition coefficient (Wildman–Crippen LogP) is 4.59. The van der Waals surface area contributed by atoms with Crippen molar-refractivity contribution in [2.24, 2.45) is 7.05 Å². The summed E-state index contributed by atoms with van der Waals surface area (Å²) in [4.78, 5) is 17.4. The van der Waals surface area contributed by atoms with Crippen molar-refractivity contribution in [3.05, 3.63) is 71.8 Å². The molecule has 1 aromatic heterocycles. The molecule has 2 aromatic carbocycles. The van der Waals surface area contributed by atoms with Crippen LogP contribution in [0.4, 0.5) is 5.82 Å². The van der Waals surface area contributed by atoms with Crippen molar-refractivity contribution in [2.45, 2.75) is 32.9 Å². The summed E-state index contributed by atoms with van der Waals surface area (Å²) in [6.45, 7) is 4.73. The van der Waals surface area contributed by atoms with Crippen molar-refractivity contribution in [3.8, 4) is 11.3 Å². The van der Waals surface area contributed by atoms with E-state index in [4.69, 9.17) is 5.10 Å². The molecule has 0 unspecified atom stereocenters. The zero-order valence-electron chi connectivity index (χ0n) is 18.0. The highest BCUT2D eigenvalue weighted by molar-refractivity contribution is 5.94. The average molecular weight is 391 g/mol. The summed E-state index contributed by atoms with van der Waals surface area (Å²) in [7, 11) is 5.99. The minimum Gasteiger partial charge on any atom is -0.363 e. The predicted molar refractivity (Wildman–Crippen MR) is 119 cm³/mol. The molecule has 0 radical (unpaired) electrons. The van der Waals surface area contributed by atoms with Crippen LogP contribution in [-0.2, 0) is 13.6 Å². The van der Waals surface area contributed by atoms with Gasteiger partial charge in [0.1, 0.15) is 5.82 Å². The van der Waals surface area contributed by atoms with E-state index >= 15 is 0 Å². The number of hydrogen-bond donors (Lipinski definition) is 0. The van der Waals surface area contributed by atoms with Crippen LogP contribution in [0, 0.1) is 0 Å². The van der Waals surface area contributed by atoms with Gasteiger partial charge in [-0.25, -0.2) is 0 Å². The Morgan fingerprint density at radius 2 is 1.62 bits per heavy atom. The zero-order chi connectivity index (χ0) is 21.0. The van der Waals surface area contributed by atoms with Crippen LogP contribution >= 0.6 is 0 Å². The third-order valence-electron chi connectivity index (χ3n) is 5.32. The lowest BCUT2D eigenvalue weighted by molar-refractivity contribution is 0.0672. The first-order chi connectivity index (χ1) is 13.9. The van der Waals surface area contributed by atoms with Gasteiger partial charge in [0, 0.05) is 43.9 Å². The molecule has 0 spiro atoms. The quantitative estimate of drug-likeness (QED) is 0.592. The van der Waals surface area contributed by atoms with Crippen molar-refractivity contribution in [1.29, 1.82) is 0 Å². The maximum atomic E-state index is 13.4. The monoisotopic (exact) mass is 390 g/mol. The maximum Gasteiger partial charge on any atom is 0.254 e. The lowest BCUT2D eigenvalue weighted by Gasteiger charge is -2.30. The minimum atomic E-state index is 0.0486. The van der Waals surface area contributed by atoms with Gasteiger partial charge in [-0.2, -0.15) is 5.10 Å². The third kappa shape index (κ3) is 4.34. The van der Waals surface area contributed by atoms with Gasteiger partial charge in [0.2, 0.25) is 0 Å². The van der Waals surface area contributed by atoms with Gasteiger partial charge in [-0.05, 0) is 25.5 Å². The Kier molecular flexibility index (Phi) is 6.37. The Bertz CT molecular complexity index is 948. The molecule has 0 saturated carbocycles. The molecule has 0 fully saturated rings. The molecule has 3 rings (SSSR count). The molecule has 29 heavy (non-hydrogen) atoms. The maximum absolute atomic E-state index is 13.4. The van der Waals surface area contributed by atoms with Crippen LogP contribution < -0.4 is 4.90 Å². The fourth-order valence-corrected chi connectivity index (χ4v) is 3.66. The van der Waals surface area contributed by atoms with E-state index in [1.807, 2.05) is 79.3 Å². The van der Waals surface area contributed by atoms with Gasteiger partial charge in [0.05, 0.1) is 12.2 Å². The van der Waals surface area contributed by atoms with E-state index in [1.54, 1.807) is 0 Å². The molecule has 1 amide bonds. The van der Waals surface area contributed by atoms with Gasteiger partial charge in [-0.3, -0.25) is 9.48 Å². The second-order valence-corrected chi connectivity index (χ2v) is 7.59. The fourth-order valence-electron chi connectivity index (χ4n) is 3.66. The summed E-state index contributed by atoms with van der Waals surface area (Å²) >= 11 is 0. The smallest absolute Gasteiger partial charge is 0.254 e. The van der Waals surface area contributed by atoms with E-state index in [0.717, 1.165) is 29.1 Å². The number of anilines is 1. The third-order valence-corrected chi connectivity index (χ3v) is 5.32. The van der Waals surface area contributed by atoms with Crippen LogP contribution in [0.5, 0.6) is 0 Å². The van der Waals surface area contributed by atoms with Crippen LogP contribution in [0.2, 0.25) is 0 Å². The summed E-state index contributed by atoms with van der Waals surface area (Å²) in [5.74, 6) is 1.06. The van der Waals surface area contributed by atoms with E-state index in [1.165, 1.54) is 0 Å². The van der Waals surface area contributed by atoms with Gasteiger partial charge in [-0.1, -0.05) is 55.5 Å². The molecule has 0 bridgehead atoms. The normalized spacial score (nSPS) is 11.9. The second-order valence-electron chi connectivity index (χ2n) is 7.59. The number of nitrogens with zero attached hydrogens (tertiary/aromatic N) is 4. The minimum absolute atomic E-state index is 0.0486. The first-order valence-electron chi connectivity index (χ1n) is 10.1. The van der Waals surface area contributed by atoms with Crippen LogP contribution in [0.1, 0.15) is 36.2 Å². The van der Waals surface area contributed by atoms with E-state index in [-0.39, 0.29) is 11.9 Å². The fraction of sp³-hybridized carbons (Fsp3) is 0.333. The van der Waals surface area contributed by atoms with Crippen LogP contribution in [-0.4, -0.2) is 40.7 Å². The van der Waals surface area contributed by atoms with Crippen molar-refractivity contribution < 1.29 is 4.79 Å². The first kappa shape index (κ1) is 20.6. The number of aryl methyl sites for hydroxylation is 1. The van der Waals surface area contributed by atoms with Crippen LogP contribution in [0.25, 0.3) is 11.3 Å². The van der Waals surface area contributed by atoms with E-state index in [0.29, 0.717) is 12.1 Å². The van der Waals surface area contributed by atoms with E-state index < -0.39 is 0 Å². The second kappa shape index (κ2) is 8.95. The molecule has 0 saturated heterocycles. The Hall–Kier alpha value is -3.08. The Morgan fingerprint density at radius 1 is 1.03 bits per heavy atom. The SMILES string of the molecule is CC[C@@H](C)N(Cc1c(-c2ccccc2)nn(C)c1N(C)C)C(=O)c1ccccc1. The topological polar surface area (TPSA) is 41.4 Å². The van der Waals surface area contributed by atoms with Crippen molar-refractivity contribution >= 4 is 11.7 Å². The largest absolute Gasteiger partial charge is 0.363 e. The van der Waals surface area contributed by atoms with Crippen LogP contribution in [0.3, 0.4) is 0 Å². The molecule has 3 aromatic rings. The van der Waals surface area contributed by atoms with Gasteiger partial charge >= 0.3 is 0 Å². The Balaban J connectivity index is 2.08. The molecular formula is C24H30N4O. The number of hydrogen-bond acceptors (Lipinski definition) is 3. The lowest BCUT2D eigenvalue weighted by Crippen LogP contribution is -2.38. The first-order valence-corrected chi connectivity index (χ1v) is 10.1. The summed E-state index contributed by atoms with van der Waals surface area (Å²) in [5, 5.41) is 4.81. The van der Waals surface area contributed by atoms with Crippen LogP contribution in [0.15, 0.2) is 60.7 Å². The molecule has 0 aliphatic heterocycles. The van der Waals surface area contributed by atoms with Gasteiger partial charge < -0.3 is 9.80 Å². The molecule has 0 aliphatic rings. The molecule has 1 heterocycles.